The fraction of sp³-hybridized carbons (Fsp3) is 0.214. The van der Waals surface area contributed by atoms with E-state index in [1.807, 2.05) is 17.5 Å². The largest absolute Gasteiger partial charge is 0.341 e. The Morgan fingerprint density at radius 2 is 2.19 bits per heavy atom. The van der Waals surface area contributed by atoms with E-state index in [2.05, 4.69) is 0 Å². The Morgan fingerprint density at radius 1 is 1.43 bits per heavy atom. The van der Waals surface area contributed by atoms with Crippen LogP contribution in [0.5, 0.6) is 0 Å². The molecule has 2 aromatic rings. The van der Waals surface area contributed by atoms with Crippen LogP contribution in [0.1, 0.15) is 15.2 Å². The van der Waals surface area contributed by atoms with Crippen molar-refractivity contribution in [2.45, 2.75) is 6.42 Å². The predicted octanol–water partition coefficient (Wildman–Crippen LogP) is 3.11. The molecule has 0 atom stereocenters. The summed E-state index contributed by atoms with van der Waals surface area (Å²) < 4.78 is 13.7. The minimum atomic E-state index is -0.756. The average Bonchev–Trinajstić information content (AvgIpc) is 2.97. The molecule has 1 aromatic carbocycles. The third kappa shape index (κ3) is 3.63. The van der Waals surface area contributed by atoms with E-state index in [9.17, 15) is 19.3 Å². The van der Waals surface area contributed by atoms with Gasteiger partial charge in [0.25, 0.3) is 11.6 Å². The van der Waals surface area contributed by atoms with Crippen molar-refractivity contribution >= 4 is 22.9 Å². The summed E-state index contributed by atoms with van der Waals surface area (Å²) in [5.41, 5.74) is -0.579. The van der Waals surface area contributed by atoms with Gasteiger partial charge in [0, 0.05) is 30.6 Å². The number of hydrogen-bond donors (Lipinski definition) is 0. The first-order chi connectivity index (χ1) is 9.99. The summed E-state index contributed by atoms with van der Waals surface area (Å²) in [6.45, 7) is 0.418. The minimum Gasteiger partial charge on any atom is -0.341 e. The van der Waals surface area contributed by atoms with Gasteiger partial charge < -0.3 is 4.90 Å². The lowest BCUT2D eigenvalue weighted by Crippen LogP contribution is -2.29. The van der Waals surface area contributed by atoms with Gasteiger partial charge in [0.2, 0.25) is 0 Å². The zero-order valence-corrected chi connectivity index (χ0v) is 12.1. The molecule has 7 heteroatoms. The van der Waals surface area contributed by atoms with Gasteiger partial charge in [-0.05, 0) is 23.9 Å². The van der Waals surface area contributed by atoms with E-state index in [4.69, 9.17) is 0 Å². The average molecular weight is 308 g/mol. The summed E-state index contributed by atoms with van der Waals surface area (Å²) in [4.78, 5) is 24.7. The number of hydrogen-bond acceptors (Lipinski definition) is 4. The summed E-state index contributed by atoms with van der Waals surface area (Å²) in [6, 6.07) is 6.83. The van der Waals surface area contributed by atoms with E-state index in [1.165, 1.54) is 4.90 Å². The van der Waals surface area contributed by atoms with Gasteiger partial charge in [-0.3, -0.25) is 14.9 Å². The smallest absolute Gasteiger partial charge is 0.270 e. The molecule has 0 saturated heterocycles. The number of carbonyl (C=O) groups is 1. The molecule has 1 aromatic heterocycles. The molecule has 0 aliphatic rings. The lowest BCUT2D eigenvalue weighted by Gasteiger charge is -2.17. The zero-order valence-electron chi connectivity index (χ0n) is 11.3. The van der Waals surface area contributed by atoms with E-state index < -0.39 is 16.6 Å². The normalized spacial score (nSPS) is 10.4. The first-order valence-corrected chi connectivity index (χ1v) is 7.09. The number of nitrogens with zero attached hydrogens (tertiary/aromatic N) is 2. The Kier molecular flexibility index (Phi) is 4.64. The Morgan fingerprint density at radius 3 is 2.81 bits per heavy atom. The van der Waals surface area contributed by atoms with Crippen LogP contribution in [-0.4, -0.2) is 29.3 Å². The quantitative estimate of drug-likeness (QED) is 0.630. The molecular weight excluding hydrogens is 295 g/mol. The zero-order chi connectivity index (χ0) is 15.4. The maximum Gasteiger partial charge on any atom is 0.270 e. The lowest BCUT2D eigenvalue weighted by molar-refractivity contribution is -0.384. The third-order valence-corrected chi connectivity index (χ3v) is 3.95. The van der Waals surface area contributed by atoms with Crippen LogP contribution in [0, 0.1) is 15.9 Å². The van der Waals surface area contributed by atoms with Gasteiger partial charge >= 0.3 is 0 Å². The number of nitro groups is 1. The second-order valence-corrected chi connectivity index (χ2v) is 5.51. The number of thiophene rings is 1. The molecule has 0 N–H and O–H groups in total. The van der Waals surface area contributed by atoms with Crippen LogP contribution in [0.25, 0.3) is 0 Å². The first-order valence-electron chi connectivity index (χ1n) is 6.21. The van der Waals surface area contributed by atoms with Crippen molar-refractivity contribution in [3.8, 4) is 0 Å². The van der Waals surface area contributed by atoms with Crippen LogP contribution >= 0.6 is 11.3 Å². The lowest BCUT2D eigenvalue weighted by atomic mass is 10.1. The summed E-state index contributed by atoms with van der Waals surface area (Å²) in [5.74, 6) is -1.32. The molecule has 0 spiro atoms. The van der Waals surface area contributed by atoms with Crippen molar-refractivity contribution < 1.29 is 14.1 Å². The van der Waals surface area contributed by atoms with Crippen molar-refractivity contribution in [2.75, 3.05) is 13.6 Å². The standard InChI is InChI=1S/C14H13FN2O3S/c1-16(7-6-11-3-2-8-21-11)14(18)12-9-10(17(19)20)4-5-13(12)15/h2-5,8-9H,6-7H2,1H3. The van der Waals surface area contributed by atoms with E-state index in [0.29, 0.717) is 13.0 Å². The summed E-state index contributed by atoms with van der Waals surface area (Å²) in [7, 11) is 1.55. The Labute approximate surface area is 124 Å². The summed E-state index contributed by atoms with van der Waals surface area (Å²) in [5, 5.41) is 12.6. The molecule has 0 bridgehead atoms. The molecular formula is C14H13FN2O3S. The van der Waals surface area contributed by atoms with Gasteiger partial charge in [0.1, 0.15) is 5.82 Å². The fourth-order valence-electron chi connectivity index (χ4n) is 1.83. The van der Waals surface area contributed by atoms with Crippen molar-refractivity contribution in [3.63, 3.8) is 0 Å². The third-order valence-electron chi connectivity index (χ3n) is 3.01. The maximum atomic E-state index is 13.7. The highest BCUT2D eigenvalue weighted by Crippen LogP contribution is 2.18. The molecule has 0 saturated carbocycles. The molecule has 1 amide bonds. The second-order valence-electron chi connectivity index (χ2n) is 4.48. The molecule has 110 valence electrons. The molecule has 0 unspecified atom stereocenters. The van der Waals surface area contributed by atoms with E-state index in [0.717, 1.165) is 23.1 Å². The molecule has 21 heavy (non-hydrogen) atoms. The topological polar surface area (TPSA) is 63.5 Å². The van der Waals surface area contributed by atoms with Gasteiger partial charge in [-0.2, -0.15) is 0 Å². The monoisotopic (exact) mass is 308 g/mol. The molecule has 0 fully saturated rings. The number of benzene rings is 1. The van der Waals surface area contributed by atoms with Crippen molar-refractivity contribution in [2.24, 2.45) is 0 Å². The highest BCUT2D eigenvalue weighted by molar-refractivity contribution is 7.09. The molecule has 1 heterocycles. The Hall–Kier alpha value is -2.28. The Bertz CT molecular complexity index is 658. The van der Waals surface area contributed by atoms with Crippen molar-refractivity contribution in [1.82, 2.24) is 4.90 Å². The van der Waals surface area contributed by atoms with E-state index in [-0.39, 0.29) is 11.3 Å². The van der Waals surface area contributed by atoms with Crippen LogP contribution < -0.4 is 0 Å². The van der Waals surface area contributed by atoms with Crippen LogP contribution in [0.4, 0.5) is 10.1 Å². The van der Waals surface area contributed by atoms with E-state index >= 15 is 0 Å². The van der Waals surface area contributed by atoms with Gasteiger partial charge in [-0.1, -0.05) is 6.07 Å². The van der Waals surface area contributed by atoms with Crippen LogP contribution in [0.2, 0.25) is 0 Å². The molecule has 5 nitrogen and oxygen atoms in total. The molecule has 0 aliphatic carbocycles. The summed E-state index contributed by atoms with van der Waals surface area (Å²) >= 11 is 1.58. The highest BCUT2D eigenvalue weighted by atomic mass is 32.1. The van der Waals surface area contributed by atoms with Crippen LogP contribution in [0.3, 0.4) is 0 Å². The fourth-order valence-corrected chi connectivity index (χ4v) is 2.53. The van der Waals surface area contributed by atoms with Crippen molar-refractivity contribution in [3.05, 3.63) is 62.1 Å². The number of non-ortho nitro benzene ring substituents is 1. The van der Waals surface area contributed by atoms with Gasteiger partial charge in [0.15, 0.2) is 0 Å². The Balaban J connectivity index is 2.11. The molecule has 0 radical (unpaired) electrons. The predicted molar refractivity (Wildman–Crippen MR) is 78.0 cm³/mol. The number of amides is 1. The first kappa shape index (κ1) is 15.1. The van der Waals surface area contributed by atoms with Crippen LogP contribution in [-0.2, 0) is 6.42 Å². The second kappa shape index (κ2) is 6.45. The van der Waals surface area contributed by atoms with Gasteiger partial charge in [-0.15, -0.1) is 11.3 Å². The highest BCUT2D eigenvalue weighted by Gasteiger charge is 2.19. The number of likely N-dealkylation sites (N-methyl/N-ethyl adjacent to an activating group) is 1. The minimum absolute atomic E-state index is 0.280. The van der Waals surface area contributed by atoms with Gasteiger partial charge in [0.05, 0.1) is 10.5 Å². The van der Waals surface area contributed by atoms with E-state index in [1.54, 1.807) is 18.4 Å². The van der Waals surface area contributed by atoms with Crippen molar-refractivity contribution in [1.29, 1.82) is 0 Å². The maximum absolute atomic E-state index is 13.7. The number of halogens is 1. The SMILES string of the molecule is CN(CCc1cccs1)C(=O)c1cc([N+](=O)[O-])ccc1F. The number of rotatable bonds is 5. The summed E-state index contributed by atoms with van der Waals surface area (Å²) in [6.07, 6.45) is 0.663. The molecule has 0 aliphatic heterocycles. The van der Waals surface area contributed by atoms with Crippen LogP contribution in [0.15, 0.2) is 35.7 Å². The molecule has 2 rings (SSSR count). The number of nitro benzene ring substituents is 1. The van der Waals surface area contributed by atoms with Gasteiger partial charge in [-0.25, -0.2) is 4.39 Å². The number of carbonyl (C=O) groups excluding carboxylic acids is 1.